The maximum absolute atomic E-state index is 13.0. The fraction of sp³-hybridized carbons (Fsp3) is 0.526. The largest absolute Gasteiger partial charge is 0.394 e. The molecule has 0 radical (unpaired) electrons. The highest BCUT2D eigenvalue weighted by molar-refractivity contribution is 6.06. The van der Waals surface area contributed by atoms with Gasteiger partial charge in [0.1, 0.15) is 0 Å². The first kappa shape index (κ1) is 23.4. The van der Waals surface area contributed by atoms with E-state index in [1.807, 2.05) is 0 Å². The third kappa shape index (κ3) is 5.20. The maximum Gasteiger partial charge on any atom is 0.254 e. The zero-order chi connectivity index (χ0) is 21.4. The summed E-state index contributed by atoms with van der Waals surface area (Å²) in [5.74, 6) is -0.693. The van der Waals surface area contributed by atoms with E-state index in [1.54, 1.807) is 27.8 Å². The molecular weight excluding hydrogens is 364 g/mol. The zero-order valence-electron chi connectivity index (χ0n) is 17.0. The number of likely N-dealkylation sites (N-methyl/N-ethyl adjacent to an activating group) is 1. The summed E-state index contributed by atoms with van der Waals surface area (Å²) in [6, 6.07) is 0. The molecule has 1 unspecified atom stereocenters. The van der Waals surface area contributed by atoms with Crippen LogP contribution in [0.1, 0.15) is 37.4 Å². The molecule has 1 aromatic rings. The van der Waals surface area contributed by atoms with Gasteiger partial charge in [-0.2, -0.15) is 0 Å². The summed E-state index contributed by atoms with van der Waals surface area (Å²) in [5.41, 5.74) is 3.39. The lowest BCUT2D eigenvalue weighted by Crippen LogP contribution is -2.37. The van der Waals surface area contributed by atoms with Gasteiger partial charge in [0.25, 0.3) is 11.8 Å². The van der Waals surface area contributed by atoms with Crippen molar-refractivity contribution in [3.05, 3.63) is 27.8 Å². The monoisotopic (exact) mass is 394 g/mol. The molecule has 0 spiro atoms. The predicted molar refractivity (Wildman–Crippen MR) is 107 cm³/mol. The van der Waals surface area contributed by atoms with Crippen molar-refractivity contribution in [3.8, 4) is 0 Å². The van der Waals surface area contributed by atoms with Crippen LogP contribution in [-0.2, 0) is 4.79 Å². The standard InChI is InChI=1S/C19H30N4O5/c1-11-15(18(27)22-7-6-21-10-25)12(2)17(20-4)13(3)16(11)19(28)23(5)8-14(26)9-24/h10,14,20,24,26H,6-9H2,1-5H3,(H,21,25)(H,22,27). The van der Waals surface area contributed by atoms with Gasteiger partial charge in [-0.15, -0.1) is 0 Å². The Balaban J connectivity index is 3.36. The van der Waals surface area contributed by atoms with Crippen molar-refractivity contribution in [3.63, 3.8) is 0 Å². The number of carbonyl (C=O) groups excluding carboxylic acids is 3. The lowest BCUT2D eigenvalue weighted by Gasteiger charge is -2.25. The molecule has 9 heteroatoms. The Morgan fingerprint density at radius 1 is 1.11 bits per heavy atom. The molecule has 1 atom stereocenters. The number of hydrogen-bond donors (Lipinski definition) is 5. The number of rotatable bonds is 10. The van der Waals surface area contributed by atoms with Crippen LogP contribution in [0.5, 0.6) is 0 Å². The molecule has 0 saturated carbocycles. The van der Waals surface area contributed by atoms with E-state index in [-0.39, 0.29) is 24.9 Å². The lowest BCUT2D eigenvalue weighted by molar-refractivity contribution is -0.109. The van der Waals surface area contributed by atoms with Crippen molar-refractivity contribution in [2.24, 2.45) is 0 Å². The lowest BCUT2D eigenvalue weighted by atomic mass is 9.90. The predicted octanol–water partition coefficient (Wildman–Crippen LogP) is -0.445. The highest BCUT2D eigenvalue weighted by atomic mass is 16.3. The molecule has 0 fully saturated rings. The van der Waals surface area contributed by atoms with Gasteiger partial charge in [0, 0.05) is 50.5 Å². The number of hydrogen-bond acceptors (Lipinski definition) is 6. The van der Waals surface area contributed by atoms with Gasteiger partial charge in [-0.25, -0.2) is 0 Å². The van der Waals surface area contributed by atoms with Crippen molar-refractivity contribution in [1.82, 2.24) is 15.5 Å². The summed E-state index contributed by atoms with van der Waals surface area (Å²) >= 11 is 0. The van der Waals surface area contributed by atoms with Gasteiger partial charge < -0.3 is 31.1 Å². The Kier molecular flexibility index (Phi) is 8.87. The molecule has 5 N–H and O–H groups in total. The molecule has 1 rings (SSSR count). The number of amides is 3. The van der Waals surface area contributed by atoms with Gasteiger partial charge in [-0.3, -0.25) is 14.4 Å². The first-order valence-electron chi connectivity index (χ1n) is 9.02. The Morgan fingerprint density at radius 2 is 1.71 bits per heavy atom. The van der Waals surface area contributed by atoms with Gasteiger partial charge in [-0.1, -0.05) is 0 Å². The minimum Gasteiger partial charge on any atom is -0.394 e. The highest BCUT2D eigenvalue weighted by Crippen LogP contribution is 2.31. The highest BCUT2D eigenvalue weighted by Gasteiger charge is 2.26. The Hall–Kier alpha value is -2.65. The molecule has 28 heavy (non-hydrogen) atoms. The van der Waals surface area contributed by atoms with Gasteiger partial charge in [-0.05, 0) is 37.5 Å². The number of carbonyl (C=O) groups is 3. The maximum atomic E-state index is 13.0. The van der Waals surface area contributed by atoms with Crippen LogP contribution < -0.4 is 16.0 Å². The summed E-state index contributed by atoms with van der Waals surface area (Å²) in [4.78, 5) is 37.4. The van der Waals surface area contributed by atoms with E-state index in [0.29, 0.717) is 46.5 Å². The van der Waals surface area contributed by atoms with E-state index < -0.39 is 12.7 Å². The van der Waals surface area contributed by atoms with Gasteiger partial charge in [0.15, 0.2) is 0 Å². The molecule has 0 bridgehead atoms. The van der Waals surface area contributed by atoms with Crippen molar-refractivity contribution in [2.75, 3.05) is 45.7 Å². The minimum atomic E-state index is -1.04. The van der Waals surface area contributed by atoms with Crippen LogP contribution in [0, 0.1) is 20.8 Å². The topological polar surface area (TPSA) is 131 Å². The van der Waals surface area contributed by atoms with Crippen molar-refractivity contribution in [2.45, 2.75) is 26.9 Å². The average molecular weight is 394 g/mol. The summed E-state index contributed by atoms with van der Waals surface area (Å²) in [6.07, 6.45) is -0.488. The SMILES string of the molecule is CNc1c(C)c(C(=O)NCCNC=O)c(C)c(C(=O)N(C)CC(O)CO)c1C. The summed E-state index contributed by atoms with van der Waals surface area (Å²) in [6.45, 7) is 5.38. The first-order valence-corrected chi connectivity index (χ1v) is 9.02. The minimum absolute atomic E-state index is 0.0319. The molecule has 0 aliphatic carbocycles. The van der Waals surface area contributed by atoms with Crippen molar-refractivity contribution >= 4 is 23.9 Å². The van der Waals surface area contributed by atoms with Crippen LogP contribution in [0.25, 0.3) is 0 Å². The van der Waals surface area contributed by atoms with E-state index in [0.717, 1.165) is 0 Å². The summed E-state index contributed by atoms with van der Waals surface area (Å²) < 4.78 is 0. The Bertz CT molecular complexity index is 736. The fourth-order valence-electron chi connectivity index (χ4n) is 3.30. The van der Waals surface area contributed by atoms with Gasteiger partial charge in [0.2, 0.25) is 6.41 Å². The third-order valence-corrected chi connectivity index (χ3v) is 4.62. The molecule has 0 aliphatic heterocycles. The van der Waals surface area contributed by atoms with Crippen molar-refractivity contribution < 1.29 is 24.6 Å². The molecule has 1 aromatic carbocycles. The van der Waals surface area contributed by atoms with E-state index in [9.17, 15) is 19.5 Å². The number of anilines is 1. The Labute approximate surface area is 165 Å². The number of nitrogens with one attached hydrogen (secondary N) is 3. The van der Waals surface area contributed by atoms with Crippen LogP contribution >= 0.6 is 0 Å². The van der Waals surface area contributed by atoms with Crippen LogP contribution in [0.15, 0.2) is 0 Å². The molecular formula is C19H30N4O5. The molecule has 0 aliphatic rings. The number of benzene rings is 1. The van der Waals surface area contributed by atoms with Gasteiger partial charge >= 0.3 is 0 Å². The second kappa shape index (κ2) is 10.6. The average Bonchev–Trinajstić information content (AvgIpc) is 2.65. The van der Waals surface area contributed by atoms with E-state index >= 15 is 0 Å². The van der Waals surface area contributed by atoms with Crippen LogP contribution in [-0.4, -0.2) is 79.8 Å². The quantitative estimate of drug-likeness (QED) is 0.270. The third-order valence-electron chi connectivity index (χ3n) is 4.62. The van der Waals surface area contributed by atoms with Crippen LogP contribution in [0.2, 0.25) is 0 Å². The molecule has 0 heterocycles. The van der Waals surface area contributed by atoms with Crippen molar-refractivity contribution in [1.29, 1.82) is 0 Å². The smallest absolute Gasteiger partial charge is 0.254 e. The van der Waals surface area contributed by atoms with Gasteiger partial charge in [0.05, 0.1) is 12.7 Å². The fourth-order valence-corrected chi connectivity index (χ4v) is 3.30. The molecule has 0 saturated heterocycles. The van der Waals surface area contributed by atoms with E-state index in [2.05, 4.69) is 16.0 Å². The molecule has 0 aromatic heterocycles. The molecule has 156 valence electrons. The Morgan fingerprint density at radius 3 is 2.25 bits per heavy atom. The van der Waals surface area contributed by atoms with E-state index in [4.69, 9.17) is 5.11 Å². The number of aliphatic hydroxyl groups excluding tert-OH is 2. The number of nitrogens with zero attached hydrogens (tertiary/aromatic N) is 1. The summed E-state index contributed by atoms with van der Waals surface area (Å²) in [7, 11) is 3.25. The van der Waals surface area contributed by atoms with Crippen LogP contribution in [0.3, 0.4) is 0 Å². The zero-order valence-corrected chi connectivity index (χ0v) is 17.0. The van der Waals surface area contributed by atoms with E-state index in [1.165, 1.54) is 11.9 Å². The summed E-state index contributed by atoms with van der Waals surface area (Å²) in [5, 5.41) is 26.9. The molecule has 3 amide bonds. The second-order valence-corrected chi connectivity index (χ2v) is 6.60. The first-order chi connectivity index (χ1) is 13.2. The number of aliphatic hydroxyl groups is 2. The molecule has 9 nitrogen and oxygen atoms in total. The van der Waals surface area contributed by atoms with Crippen LogP contribution in [0.4, 0.5) is 5.69 Å². The normalized spacial score (nSPS) is 11.5. The second-order valence-electron chi connectivity index (χ2n) is 6.60.